The van der Waals surface area contributed by atoms with E-state index in [0.717, 1.165) is 5.56 Å². The molecule has 106 valence electrons. The summed E-state index contributed by atoms with van der Waals surface area (Å²) in [5, 5.41) is 0. The second-order valence-corrected chi connectivity index (χ2v) is 6.86. The summed E-state index contributed by atoms with van der Waals surface area (Å²) in [6.07, 6.45) is 0. The van der Waals surface area contributed by atoms with E-state index in [1.165, 1.54) is 14.7 Å². The first kappa shape index (κ1) is 14.5. The molecule has 0 amide bonds. The van der Waals surface area contributed by atoms with Crippen molar-refractivity contribution >= 4 is 10.9 Å². The standard InChI is InChI=1S/C21H17S/c1-2-9-18-14-16-21(17-15-18)22(19-10-5-3-6-11-19)20-12-7-4-8-13-20/h3-8,10-17H,1H3/q+1. The van der Waals surface area contributed by atoms with Crippen LogP contribution in [0.5, 0.6) is 0 Å². The molecule has 0 aromatic heterocycles. The van der Waals surface area contributed by atoms with Crippen LogP contribution in [-0.4, -0.2) is 0 Å². The van der Waals surface area contributed by atoms with Gasteiger partial charge in [0.05, 0.1) is 10.9 Å². The van der Waals surface area contributed by atoms with E-state index in [0.29, 0.717) is 0 Å². The molecular formula is C21H17S+. The monoisotopic (exact) mass is 301 g/mol. The van der Waals surface area contributed by atoms with Gasteiger partial charge >= 0.3 is 0 Å². The molecule has 0 aliphatic carbocycles. The molecule has 0 spiro atoms. The zero-order valence-electron chi connectivity index (χ0n) is 12.5. The maximum absolute atomic E-state index is 3.11. The lowest BCUT2D eigenvalue weighted by molar-refractivity contribution is 1.31. The smallest absolute Gasteiger partial charge is 0.101 e. The van der Waals surface area contributed by atoms with Crippen molar-refractivity contribution in [3.63, 3.8) is 0 Å². The Labute approximate surface area is 135 Å². The molecule has 0 aliphatic heterocycles. The molecule has 0 heterocycles. The van der Waals surface area contributed by atoms with Gasteiger partial charge in [0.2, 0.25) is 0 Å². The highest BCUT2D eigenvalue weighted by molar-refractivity contribution is 7.97. The highest BCUT2D eigenvalue weighted by Gasteiger charge is 2.27. The number of rotatable bonds is 3. The average Bonchev–Trinajstić information content (AvgIpc) is 2.59. The molecule has 22 heavy (non-hydrogen) atoms. The third-order valence-corrected chi connectivity index (χ3v) is 5.55. The second-order valence-electron chi connectivity index (χ2n) is 4.83. The summed E-state index contributed by atoms with van der Waals surface area (Å²) in [5.41, 5.74) is 1.07. The minimum atomic E-state index is -0.0750. The Morgan fingerprint density at radius 3 is 1.50 bits per heavy atom. The van der Waals surface area contributed by atoms with Crippen LogP contribution in [0.25, 0.3) is 0 Å². The van der Waals surface area contributed by atoms with Crippen molar-refractivity contribution < 1.29 is 0 Å². The van der Waals surface area contributed by atoms with E-state index < -0.39 is 0 Å². The van der Waals surface area contributed by atoms with Crippen molar-refractivity contribution in [2.45, 2.75) is 21.6 Å². The van der Waals surface area contributed by atoms with E-state index in [1.54, 1.807) is 0 Å². The van der Waals surface area contributed by atoms with Crippen molar-refractivity contribution in [3.05, 3.63) is 90.5 Å². The highest BCUT2D eigenvalue weighted by Crippen LogP contribution is 2.30. The Hall–Kier alpha value is -2.43. The predicted molar refractivity (Wildman–Crippen MR) is 94.0 cm³/mol. The summed E-state index contributed by atoms with van der Waals surface area (Å²) >= 11 is 0. The Kier molecular flexibility index (Phi) is 4.63. The van der Waals surface area contributed by atoms with Crippen LogP contribution in [0.15, 0.2) is 99.6 Å². The highest BCUT2D eigenvalue weighted by atomic mass is 32.2. The molecule has 0 saturated carbocycles. The third-order valence-electron chi connectivity index (χ3n) is 3.32. The van der Waals surface area contributed by atoms with E-state index in [1.807, 2.05) is 6.92 Å². The first-order chi connectivity index (χ1) is 10.9. The van der Waals surface area contributed by atoms with Crippen LogP contribution in [0.4, 0.5) is 0 Å². The van der Waals surface area contributed by atoms with Gasteiger partial charge in [-0.1, -0.05) is 42.3 Å². The van der Waals surface area contributed by atoms with E-state index in [4.69, 9.17) is 0 Å². The Balaban J connectivity index is 2.07. The van der Waals surface area contributed by atoms with Crippen molar-refractivity contribution in [3.8, 4) is 11.8 Å². The van der Waals surface area contributed by atoms with Crippen molar-refractivity contribution in [1.29, 1.82) is 0 Å². The van der Waals surface area contributed by atoms with Crippen LogP contribution in [0.1, 0.15) is 12.5 Å². The van der Waals surface area contributed by atoms with Crippen molar-refractivity contribution in [2.24, 2.45) is 0 Å². The van der Waals surface area contributed by atoms with Crippen molar-refractivity contribution in [2.75, 3.05) is 0 Å². The van der Waals surface area contributed by atoms with E-state index in [2.05, 4.69) is 96.8 Å². The molecular weight excluding hydrogens is 284 g/mol. The minimum Gasteiger partial charge on any atom is -0.101 e. The molecule has 0 fully saturated rings. The molecule has 3 rings (SSSR count). The first-order valence-electron chi connectivity index (χ1n) is 7.26. The molecule has 0 N–H and O–H groups in total. The topological polar surface area (TPSA) is 0 Å². The normalized spacial score (nSPS) is 10.1. The maximum Gasteiger partial charge on any atom is 0.166 e. The quantitative estimate of drug-likeness (QED) is 0.463. The van der Waals surface area contributed by atoms with Gasteiger partial charge < -0.3 is 0 Å². The first-order valence-corrected chi connectivity index (χ1v) is 8.48. The Bertz CT molecular complexity index is 739. The fourth-order valence-corrected chi connectivity index (χ4v) is 4.42. The van der Waals surface area contributed by atoms with E-state index in [-0.39, 0.29) is 10.9 Å². The summed E-state index contributed by atoms with van der Waals surface area (Å²) in [5.74, 6) is 6.05. The van der Waals surface area contributed by atoms with Gasteiger partial charge in [0.1, 0.15) is 0 Å². The number of benzene rings is 3. The van der Waals surface area contributed by atoms with Gasteiger partial charge in [-0.25, -0.2) is 0 Å². The van der Waals surface area contributed by atoms with E-state index in [9.17, 15) is 0 Å². The predicted octanol–water partition coefficient (Wildman–Crippen LogP) is 5.15. The Morgan fingerprint density at radius 2 is 1.05 bits per heavy atom. The largest absolute Gasteiger partial charge is 0.166 e. The van der Waals surface area contributed by atoms with Gasteiger partial charge in [0, 0.05) is 5.56 Å². The summed E-state index contributed by atoms with van der Waals surface area (Å²) in [4.78, 5) is 3.99. The number of hydrogen-bond donors (Lipinski definition) is 0. The zero-order valence-corrected chi connectivity index (χ0v) is 13.3. The van der Waals surface area contributed by atoms with Crippen LogP contribution < -0.4 is 0 Å². The fourth-order valence-electron chi connectivity index (χ4n) is 2.34. The SMILES string of the molecule is CC#Cc1ccc([S+](c2ccccc2)c2ccccc2)cc1. The maximum atomic E-state index is 3.11. The molecule has 0 aliphatic rings. The van der Waals surface area contributed by atoms with Crippen molar-refractivity contribution in [1.82, 2.24) is 0 Å². The number of hydrogen-bond acceptors (Lipinski definition) is 0. The molecule has 0 unspecified atom stereocenters. The molecule has 0 bridgehead atoms. The van der Waals surface area contributed by atoms with Crippen LogP contribution >= 0.6 is 0 Å². The molecule has 3 aromatic rings. The minimum absolute atomic E-state index is 0.0750. The van der Waals surface area contributed by atoms with Gasteiger partial charge in [0.25, 0.3) is 0 Å². The van der Waals surface area contributed by atoms with Gasteiger partial charge in [-0.2, -0.15) is 0 Å². The van der Waals surface area contributed by atoms with E-state index >= 15 is 0 Å². The van der Waals surface area contributed by atoms with Gasteiger partial charge in [-0.15, -0.1) is 5.92 Å². The van der Waals surface area contributed by atoms with Crippen LogP contribution in [0.3, 0.4) is 0 Å². The molecule has 0 radical (unpaired) electrons. The molecule has 1 heteroatoms. The van der Waals surface area contributed by atoms with Crippen LogP contribution in [-0.2, 0) is 10.9 Å². The molecule has 3 aromatic carbocycles. The molecule has 0 saturated heterocycles. The van der Waals surface area contributed by atoms with Gasteiger partial charge in [-0.05, 0) is 55.5 Å². The zero-order chi connectivity index (χ0) is 15.2. The lowest BCUT2D eigenvalue weighted by Crippen LogP contribution is -2.04. The van der Waals surface area contributed by atoms with Gasteiger partial charge in [-0.3, -0.25) is 0 Å². The summed E-state index contributed by atoms with van der Waals surface area (Å²) in [7, 11) is -0.0750. The average molecular weight is 301 g/mol. The van der Waals surface area contributed by atoms with Gasteiger partial charge in [0.15, 0.2) is 14.7 Å². The fraction of sp³-hybridized carbons (Fsp3) is 0.0476. The van der Waals surface area contributed by atoms with Crippen LogP contribution in [0.2, 0.25) is 0 Å². The summed E-state index contributed by atoms with van der Waals surface area (Å²) < 4.78 is 0. The summed E-state index contributed by atoms with van der Waals surface area (Å²) in [6, 6.07) is 30.0. The lowest BCUT2D eigenvalue weighted by atomic mass is 10.2. The molecule has 0 atom stereocenters. The molecule has 0 nitrogen and oxygen atoms in total. The Morgan fingerprint density at radius 1 is 0.591 bits per heavy atom. The summed E-state index contributed by atoms with van der Waals surface area (Å²) in [6.45, 7) is 1.87. The third kappa shape index (κ3) is 3.24. The van der Waals surface area contributed by atoms with Crippen LogP contribution in [0, 0.1) is 11.8 Å². The second kappa shape index (κ2) is 7.02. The lowest BCUT2D eigenvalue weighted by Gasteiger charge is -2.07.